The normalized spacial score (nSPS) is 10.8. The monoisotopic (exact) mass is 877 g/mol. The first kappa shape index (κ1) is 47.6. The van der Waals surface area contributed by atoms with Gasteiger partial charge in [0.25, 0.3) is 5.91 Å². The number of hydrogen-bond donors (Lipinski definition) is 5. The predicted octanol–water partition coefficient (Wildman–Crippen LogP) is 9.48. The summed E-state index contributed by atoms with van der Waals surface area (Å²) in [6, 6.07) is 30.8. The second-order valence-corrected chi connectivity index (χ2v) is 14.8. The van der Waals surface area contributed by atoms with Crippen LogP contribution >= 0.6 is 0 Å². The highest BCUT2D eigenvalue weighted by Crippen LogP contribution is 2.20. The summed E-state index contributed by atoms with van der Waals surface area (Å²) in [5, 5.41) is 2.63. The van der Waals surface area contributed by atoms with Crippen molar-refractivity contribution in [3.05, 3.63) is 157 Å². The van der Waals surface area contributed by atoms with E-state index in [1.54, 1.807) is 34.6 Å². The summed E-state index contributed by atoms with van der Waals surface area (Å²) in [4.78, 5) is 74.4. The first-order valence-corrected chi connectivity index (χ1v) is 20.4. The molecule has 4 aromatic carbocycles. The Kier molecular flexibility index (Phi) is 16.6. The zero-order valence-corrected chi connectivity index (χ0v) is 36.9. The fraction of sp³-hybridized carbons (Fsp3) is 0.184. The molecule has 0 aliphatic heterocycles. The van der Waals surface area contributed by atoms with Crippen LogP contribution in [0.4, 0.5) is 5.95 Å². The number of H-pyrrole nitrogens is 4. The van der Waals surface area contributed by atoms with Crippen LogP contribution in [0.1, 0.15) is 58.8 Å². The van der Waals surface area contributed by atoms with E-state index in [0.29, 0.717) is 40.7 Å². The third-order valence-electron chi connectivity index (χ3n) is 8.92. The third-order valence-corrected chi connectivity index (χ3v) is 8.92. The van der Waals surface area contributed by atoms with Crippen molar-refractivity contribution in [1.82, 2.24) is 39.9 Å². The number of para-hydroxylation sites is 8. The fourth-order valence-electron chi connectivity index (χ4n) is 5.51. The second-order valence-electron chi connectivity index (χ2n) is 14.8. The van der Waals surface area contributed by atoms with Crippen molar-refractivity contribution in [2.24, 2.45) is 0 Å². The average molecular weight is 878 g/mol. The third kappa shape index (κ3) is 14.1. The molecule has 0 saturated heterocycles. The number of aromatic amines is 4. The van der Waals surface area contributed by atoms with Gasteiger partial charge in [-0.3, -0.25) is 10.1 Å². The number of anilines is 1. The van der Waals surface area contributed by atoms with E-state index >= 15 is 0 Å². The number of ether oxygens (including phenoxy) is 3. The van der Waals surface area contributed by atoms with Crippen LogP contribution in [0.2, 0.25) is 0 Å². The van der Waals surface area contributed by atoms with Crippen LogP contribution in [-0.4, -0.2) is 70.3 Å². The Morgan fingerprint density at radius 3 is 1.54 bits per heavy atom. The molecule has 16 nitrogen and oxygen atoms in total. The van der Waals surface area contributed by atoms with Gasteiger partial charge in [-0.15, -0.1) is 0 Å². The Morgan fingerprint density at radius 1 is 0.569 bits per heavy atom. The smallest absolute Gasteiger partial charge is 0.340 e. The van der Waals surface area contributed by atoms with Crippen LogP contribution in [0.3, 0.4) is 0 Å². The SMILES string of the molecule is C=C(C)C(=O)Nc1nc2ccccc2[nH]1.C=C(C)C(=O)OC(C)c1nc2ccccc2[nH]1.C=C(C)C(=O)OCCCc1nc2ccccc2[nH]1.C=C(C)C(=O)Oc1nc2ccccc2[nH]1. The van der Waals surface area contributed by atoms with Crippen molar-refractivity contribution < 1.29 is 33.4 Å². The lowest BCUT2D eigenvalue weighted by Crippen LogP contribution is -2.12. The maximum absolute atomic E-state index is 11.4. The van der Waals surface area contributed by atoms with E-state index in [-0.39, 0.29) is 17.9 Å². The van der Waals surface area contributed by atoms with Gasteiger partial charge in [0, 0.05) is 28.7 Å². The number of carbonyl (C=O) groups excluding carboxylic acids is 4. The van der Waals surface area contributed by atoms with Crippen molar-refractivity contribution in [3.63, 3.8) is 0 Å². The van der Waals surface area contributed by atoms with Gasteiger partial charge in [-0.2, -0.15) is 4.98 Å². The summed E-state index contributed by atoms with van der Waals surface area (Å²) in [6.45, 7) is 22.8. The maximum Gasteiger partial charge on any atom is 0.340 e. The quantitative estimate of drug-likeness (QED) is 0.0442. The highest BCUT2D eigenvalue weighted by atomic mass is 16.6. The number of rotatable bonds is 12. The number of aryl methyl sites for hydroxylation is 1. The minimum atomic E-state index is -0.478. The maximum atomic E-state index is 11.4. The van der Waals surface area contributed by atoms with Crippen molar-refractivity contribution in [2.45, 2.75) is 53.6 Å². The van der Waals surface area contributed by atoms with E-state index < -0.39 is 18.0 Å². The molecule has 0 fully saturated rings. The minimum Gasteiger partial charge on any atom is -0.462 e. The highest BCUT2D eigenvalue weighted by Gasteiger charge is 2.16. The number of hydrogen-bond acceptors (Lipinski definition) is 11. The topological polar surface area (TPSA) is 223 Å². The van der Waals surface area contributed by atoms with Gasteiger partial charge in [0.15, 0.2) is 6.10 Å². The van der Waals surface area contributed by atoms with Gasteiger partial charge in [0.05, 0.1) is 50.7 Å². The number of nitrogens with one attached hydrogen (secondary N) is 5. The van der Waals surface area contributed by atoms with Crippen LogP contribution in [0.5, 0.6) is 6.01 Å². The molecule has 5 N–H and O–H groups in total. The molecule has 1 amide bonds. The number of amides is 1. The van der Waals surface area contributed by atoms with Crippen LogP contribution in [0.25, 0.3) is 44.1 Å². The Balaban J connectivity index is 0.000000163. The molecule has 8 aromatic rings. The molecule has 0 saturated carbocycles. The summed E-state index contributed by atoms with van der Waals surface area (Å²) in [6.07, 6.45) is 1.10. The molecule has 1 unspecified atom stereocenters. The molecule has 334 valence electrons. The van der Waals surface area contributed by atoms with Gasteiger partial charge in [-0.25, -0.2) is 29.3 Å². The summed E-state index contributed by atoms with van der Waals surface area (Å²) < 4.78 is 15.2. The van der Waals surface area contributed by atoms with E-state index in [9.17, 15) is 19.2 Å². The summed E-state index contributed by atoms with van der Waals surface area (Å²) in [5.74, 6) is 0.563. The van der Waals surface area contributed by atoms with E-state index in [1.807, 2.05) is 97.1 Å². The van der Waals surface area contributed by atoms with Crippen LogP contribution < -0.4 is 10.1 Å². The molecule has 0 aliphatic rings. The Morgan fingerprint density at radius 2 is 1.05 bits per heavy atom. The number of imidazole rings is 4. The summed E-state index contributed by atoms with van der Waals surface area (Å²) >= 11 is 0. The van der Waals surface area contributed by atoms with E-state index in [4.69, 9.17) is 14.2 Å². The number of benzene rings is 4. The molecule has 0 radical (unpaired) electrons. The molecule has 1 atom stereocenters. The van der Waals surface area contributed by atoms with Gasteiger partial charge in [0.2, 0.25) is 5.95 Å². The van der Waals surface area contributed by atoms with Crippen LogP contribution in [0, 0.1) is 0 Å². The number of nitrogens with zero attached hydrogens (tertiary/aromatic N) is 4. The van der Waals surface area contributed by atoms with E-state index in [1.165, 1.54) is 0 Å². The number of esters is 3. The molecule has 8 rings (SSSR count). The van der Waals surface area contributed by atoms with Gasteiger partial charge in [-0.1, -0.05) is 74.8 Å². The molecular formula is C49H51N9O7. The summed E-state index contributed by atoms with van der Waals surface area (Å²) in [5.41, 5.74) is 8.73. The second kappa shape index (κ2) is 22.6. The number of aromatic nitrogens is 8. The molecule has 4 heterocycles. The van der Waals surface area contributed by atoms with Gasteiger partial charge < -0.3 is 34.1 Å². The van der Waals surface area contributed by atoms with Crippen molar-refractivity contribution >= 4 is 73.9 Å². The number of fused-ring (bicyclic) bond motifs is 4. The van der Waals surface area contributed by atoms with E-state index in [2.05, 4.69) is 71.5 Å². The molecule has 0 spiro atoms. The first-order chi connectivity index (χ1) is 31.1. The zero-order chi connectivity index (χ0) is 47.0. The first-order valence-electron chi connectivity index (χ1n) is 20.4. The predicted molar refractivity (Wildman–Crippen MR) is 252 cm³/mol. The van der Waals surface area contributed by atoms with Crippen LogP contribution in [0.15, 0.2) is 146 Å². The van der Waals surface area contributed by atoms with Crippen molar-refractivity contribution in [1.29, 1.82) is 0 Å². The van der Waals surface area contributed by atoms with Gasteiger partial charge in [-0.05, 0) is 89.6 Å². The lowest BCUT2D eigenvalue weighted by atomic mass is 10.3. The molecule has 0 aliphatic carbocycles. The number of carbonyl (C=O) groups is 4. The van der Waals surface area contributed by atoms with Gasteiger partial charge in [0.1, 0.15) is 11.6 Å². The summed E-state index contributed by atoms with van der Waals surface area (Å²) in [7, 11) is 0. The molecule has 0 bridgehead atoms. The molecule has 65 heavy (non-hydrogen) atoms. The Labute approximate surface area is 375 Å². The molecule has 16 heteroatoms. The minimum absolute atomic E-state index is 0.198. The van der Waals surface area contributed by atoms with Crippen molar-refractivity contribution in [3.8, 4) is 6.01 Å². The Bertz CT molecular complexity index is 2780. The van der Waals surface area contributed by atoms with E-state index in [0.717, 1.165) is 62.8 Å². The standard InChI is InChI=1S/C14H16N2O2.C13H14N2O2.C11H11N3O.C11H10N2O2/c1-10(2)14(17)18-9-5-8-13-15-11-6-3-4-7-12(11)16-13;1-8(2)13(16)17-9(3)12-14-10-6-4-5-7-11(10)15-12;1-7(2)10(15)14-11-12-8-5-3-4-6-9(8)13-11;1-7(2)10(14)15-11-12-8-5-3-4-6-9(8)13-11/h3-4,6-7H,1,5,8-9H2,2H3,(H,15,16);4-7,9H,1H2,2-3H3,(H,14,15);3-6H,1H2,2H3,(H2,12,13,14,15);3-6H,1H2,2H3,(H,12,13). The van der Waals surface area contributed by atoms with Crippen LogP contribution in [-0.2, 0) is 35.1 Å². The lowest BCUT2D eigenvalue weighted by molar-refractivity contribution is -0.144. The highest BCUT2D eigenvalue weighted by molar-refractivity contribution is 6.02. The largest absolute Gasteiger partial charge is 0.462 e. The Hall–Kier alpha value is -8.40. The fourth-order valence-corrected chi connectivity index (χ4v) is 5.51. The lowest BCUT2D eigenvalue weighted by Gasteiger charge is -2.10. The molecular weight excluding hydrogens is 827 g/mol. The van der Waals surface area contributed by atoms with Crippen molar-refractivity contribution in [2.75, 3.05) is 11.9 Å². The average Bonchev–Trinajstić information content (AvgIpc) is 4.09. The molecule has 4 aromatic heterocycles. The van der Waals surface area contributed by atoms with Gasteiger partial charge >= 0.3 is 23.9 Å². The zero-order valence-electron chi connectivity index (χ0n) is 36.9.